The number of hydrogen-bond acceptors (Lipinski definition) is 15. The van der Waals surface area contributed by atoms with Gasteiger partial charge in [0.05, 0.1) is 69.9 Å². The highest BCUT2D eigenvalue weighted by Crippen LogP contribution is 2.33. The molecule has 0 saturated heterocycles. The van der Waals surface area contributed by atoms with Crippen LogP contribution in [0.3, 0.4) is 0 Å². The third-order valence-electron chi connectivity index (χ3n) is 6.95. The largest absolute Gasteiger partial charge is 0.318 e. The molecule has 0 bridgehead atoms. The van der Waals surface area contributed by atoms with Gasteiger partial charge in [-0.15, -0.1) is 0 Å². The van der Waals surface area contributed by atoms with Gasteiger partial charge in [-0.1, -0.05) is 0 Å². The van der Waals surface area contributed by atoms with Crippen LogP contribution in [0.15, 0.2) is 66.3 Å². The van der Waals surface area contributed by atoms with Crippen molar-refractivity contribution in [3.63, 3.8) is 0 Å². The molecule has 0 radical (unpaired) electrons. The van der Waals surface area contributed by atoms with E-state index >= 15 is 0 Å². The summed E-state index contributed by atoms with van der Waals surface area (Å²) in [5, 5.41) is 118. The fourth-order valence-corrected chi connectivity index (χ4v) is 5.12. The van der Waals surface area contributed by atoms with Crippen molar-refractivity contribution in [1.82, 2.24) is 15.0 Å². The van der Waals surface area contributed by atoms with Gasteiger partial charge in [0.2, 0.25) is 0 Å². The monoisotopic (exact) mass is 567 g/mol. The molecule has 3 aliphatic heterocycles. The minimum absolute atomic E-state index is 0.420. The molecule has 0 amide bonds. The zero-order valence-corrected chi connectivity index (χ0v) is 21.9. The Balaban J connectivity index is 2.22. The lowest BCUT2D eigenvalue weighted by atomic mass is 9.37. The molecular formula is C27B3N15. The van der Waals surface area contributed by atoms with Gasteiger partial charge in [0.15, 0.2) is 0 Å². The highest BCUT2D eigenvalue weighted by molar-refractivity contribution is 6.92. The van der Waals surface area contributed by atoms with Crippen LogP contribution in [0.1, 0.15) is 0 Å². The summed E-state index contributed by atoms with van der Waals surface area (Å²) >= 11 is 0. The lowest BCUT2D eigenvalue weighted by Crippen LogP contribution is -2.55. The Labute approximate surface area is 254 Å². The van der Waals surface area contributed by atoms with Crippen molar-refractivity contribution < 1.29 is 0 Å². The van der Waals surface area contributed by atoms with Gasteiger partial charge >= 0.3 is 20.1 Å². The Morgan fingerprint density at radius 3 is 0.533 bits per heavy atom. The average Bonchev–Trinajstić information content (AvgIpc) is 3.70. The number of aromatic nitrogens is 3. The summed E-state index contributed by atoms with van der Waals surface area (Å²) in [6, 6.07) is 20.7. The first-order valence-corrected chi connectivity index (χ1v) is 11.9. The van der Waals surface area contributed by atoms with Gasteiger partial charge in [0.25, 0.3) is 0 Å². The molecule has 0 N–H and O–H groups in total. The molecule has 0 aliphatic carbocycles. The molecule has 18 heteroatoms. The lowest BCUT2D eigenvalue weighted by Gasteiger charge is -2.15. The summed E-state index contributed by atoms with van der Waals surface area (Å²) in [6.07, 6.45) is 0. The first-order valence-electron chi connectivity index (χ1n) is 11.9. The average molecular weight is 567 g/mol. The maximum Gasteiger partial charge on any atom is 0.318 e. The standard InChI is InChI=1S/C27B3N15/c31-1-13-14(2-32)20(8-38)28(19(13)7-37)25-43-26(29-21(9-39)15(3-33)16(4-34)22(29)10-40)45-27(44-25)30-23(11-41)17(5-35)18(6-36)24(30)12-42. The van der Waals surface area contributed by atoms with Gasteiger partial charge in [-0.3, -0.25) is 0 Å². The van der Waals surface area contributed by atoms with E-state index < -0.39 is 104 Å². The molecule has 0 spiro atoms. The first kappa shape index (κ1) is 29.5. The molecule has 0 unspecified atom stereocenters. The third-order valence-corrected chi connectivity index (χ3v) is 6.95. The van der Waals surface area contributed by atoms with Crippen molar-refractivity contribution in [2.75, 3.05) is 0 Å². The Hall–Kier alpha value is -8.48. The summed E-state index contributed by atoms with van der Waals surface area (Å²) in [5.41, 5.74) is -6.72. The summed E-state index contributed by atoms with van der Waals surface area (Å²) in [7, 11) is 0. The highest BCUT2D eigenvalue weighted by Gasteiger charge is 2.48. The van der Waals surface area contributed by atoms with Gasteiger partial charge in [-0.25, -0.2) is 15.0 Å². The molecule has 3 aliphatic rings. The smallest absolute Gasteiger partial charge is 0.237 e. The predicted molar refractivity (Wildman–Crippen MR) is 146 cm³/mol. The van der Waals surface area contributed by atoms with Gasteiger partial charge in [0, 0.05) is 32.8 Å². The third kappa shape index (κ3) is 4.03. The zero-order chi connectivity index (χ0) is 33.0. The van der Waals surface area contributed by atoms with Crippen molar-refractivity contribution in [3.05, 3.63) is 66.3 Å². The van der Waals surface area contributed by atoms with Crippen molar-refractivity contribution in [2.24, 2.45) is 0 Å². The fraction of sp³-hybridized carbons (Fsp3) is 0. The Morgan fingerprint density at radius 1 is 0.267 bits per heavy atom. The maximum atomic E-state index is 9.95. The molecular weight excluding hydrogens is 567 g/mol. The van der Waals surface area contributed by atoms with Crippen LogP contribution in [0.5, 0.6) is 0 Å². The molecule has 0 atom stereocenters. The van der Waals surface area contributed by atoms with Gasteiger partial charge in [-0.05, 0) is 0 Å². The van der Waals surface area contributed by atoms with Crippen LogP contribution < -0.4 is 17.2 Å². The van der Waals surface area contributed by atoms with E-state index in [2.05, 4.69) is 15.0 Å². The van der Waals surface area contributed by atoms with E-state index in [4.69, 9.17) is 0 Å². The van der Waals surface area contributed by atoms with E-state index in [1.165, 1.54) is 0 Å². The zero-order valence-electron chi connectivity index (χ0n) is 21.9. The molecule has 192 valence electrons. The second-order valence-electron chi connectivity index (χ2n) is 8.78. The lowest BCUT2D eigenvalue weighted by molar-refractivity contribution is 1.17. The molecule has 1 aromatic heterocycles. The van der Waals surface area contributed by atoms with E-state index in [9.17, 15) is 63.1 Å². The van der Waals surface area contributed by atoms with Crippen LogP contribution in [0, 0.1) is 136 Å². The Bertz CT molecular complexity index is 2000. The molecule has 0 fully saturated rings. The minimum Gasteiger partial charge on any atom is -0.237 e. The topological polar surface area (TPSA) is 324 Å². The Kier molecular flexibility index (Phi) is 7.58. The number of nitriles is 12. The van der Waals surface area contributed by atoms with E-state index in [1.54, 1.807) is 72.8 Å². The van der Waals surface area contributed by atoms with Crippen LogP contribution in [-0.2, 0) is 0 Å². The second-order valence-corrected chi connectivity index (χ2v) is 8.78. The van der Waals surface area contributed by atoms with Gasteiger partial charge in [0.1, 0.15) is 53.6 Å². The van der Waals surface area contributed by atoms with Crippen molar-refractivity contribution in [1.29, 1.82) is 63.1 Å². The number of nitrogens with zero attached hydrogens (tertiary/aromatic N) is 15. The van der Waals surface area contributed by atoms with Gasteiger partial charge < -0.3 is 0 Å². The fourth-order valence-electron chi connectivity index (χ4n) is 5.12. The minimum atomic E-state index is -1.59. The van der Waals surface area contributed by atoms with Crippen molar-refractivity contribution >= 4 is 37.3 Å². The summed E-state index contributed by atoms with van der Waals surface area (Å²) < 4.78 is 0. The number of hydrogen-bond donors (Lipinski definition) is 0. The van der Waals surface area contributed by atoms with E-state index in [0.717, 1.165) is 0 Å². The first-order chi connectivity index (χ1) is 21.8. The number of allylic oxidation sites excluding steroid dienone is 12. The molecule has 0 saturated carbocycles. The predicted octanol–water partition coefficient (Wildman–Crippen LogP) is -1.68. The molecule has 1 aromatic rings. The highest BCUT2D eigenvalue weighted by atomic mass is 15.0. The SMILES string of the molecule is N#CC1=C(C#N)C(C#N)=C(C#N)B1c1nc(B2C(C#N)=C(C#N)C(C#N)=C2C#N)nc(B2C(C#N)=C(C#N)C(C#N)=C2C#N)n1. The van der Waals surface area contributed by atoms with Crippen LogP contribution in [0.4, 0.5) is 0 Å². The maximum absolute atomic E-state index is 9.95. The van der Waals surface area contributed by atoms with E-state index in [0.29, 0.717) is 0 Å². The molecule has 45 heavy (non-hydrogen) atoms. The normalized spacial score (nSPS) is 15.1. The van der Waals surface area contributed by atoms with Crippen LogP contribution in [0.2, 0.25) is 0 Å². The molecule has 4 heterocycles. The van der Waals surface area contributed by atoms with Crippen molar-refractivity contribution in [3.8, 4) is 72.8 Å². The summed E-state index contributed by atoms with van der Waals surface area (Å²) in [4.78, 5) is 12.9. The molecule has 0 aromatic carbocycles. The second kappa shape index (κ2) is 11.6. The van der Waals surface area contributed by atoms with E-state index in [1.807, 2.05) is 0 Å². The van der Waals surface area contributed by atoms with Gasteiger partial charge in [-0.2, -0.15) is 63.1 Å². The van der Waals surface area contributed by atoms with E-state index in [-0.39, 0.29) is 0 Å². The number of rotatable bonds is 3. The molecule has 15 nitrogen and oxygen atoms in total. The van der Waals surface area contributed by atoms with Crippen LogP contribution in [-0.4, -0.2) is 35.1 Å². The molecule has 4 rings (SSSR count). The Morgan fingerprint density at radius 2 is 0.422 bits per heavy atom. The quantitative estimate of drug-likeness (QED) is 0.368. The summed E-state index contributed by atoms with van der Waals surface area (Å²) in [5.74, 6) is 0. The summed E-state index contributed by atoms with van der Waals surface area (Å²) in [6.45, 7) is -4.76. The van der Waals surface area contributed by atoms with Crippen LogP contribution in [0.25, 0.3) is 0 Å². The van der Waals surface area contributed by atoms with Crippen molar-refractivity contribution in [2.45, 2.75) is 0 Å². The van der Waals surface area contributed by atoms with Crippen LogP contribution >= 0.6 is 0 Å².